The molecular weight excluding hydrogens is 228 g/mol. The molecule has 1 aromatic carbocycles. The molecule has 0 amide bonds. The summed E-state index contributed by atoms with van der Waals surface area (Å²) in [4.78, 5) is 11.2. The molecule has 0 fully saturated rings. The SMILES string of the molecule is COC(=O)C(C)NC(C)c1cc(F)cc(F)c1. The number of nitrogens with one attached hydrogen (secondary N) is 1. The van der Waals surface area contributed by atoms with E-state index >= 15 is 0 Å². The highest BCUT2D eigenvalue weighted by molar-refractivity contribution is 5.75. The average molecular weight is 243 g/mol. The Morgan fingerprint density at radius 2 is 1.76 bits per heavy atom. The minimum Gasteiger partial charge on any atom is -0.468 e. The van der Waals surface area contributed by atoms with Crippen LogP contribution in [-0.4, -0.2) is 19.1 Å². The lowest BCUT2D eigenvalue weighted by molar-refractivity contribution is -0.142. The molecule has 1 N–H and O–H groups in total. The second-order valence-electron chi connectivity index (χ2n) is 3.84. The first-order chi connectivity index (χ1) is 7.93. The van der Waals surface area contributed by atoms with Gasteiger partial charge in [0.1, 0.15) is 17.7 Å². The lowest BCUT2D eigenvalue weighted by atomic mass is 10.1. The molecule has 0 heterocycles. The minimum absolute atomic E-state index is 0.353. The largest absolute Gasteiger partial charge is 0.468 e. The number of hydrogen-bond donors (Lipinski definition) is 1. The van der Waals surface area contributed by atoms with Gasteiger partial charge >= 0.3 is 5.97 Å². The maximum atomic E-state index is 13.0. The van der Waals surface area contributed by atoms with Crippen molar-refractivity contribution in [2.24, 2.45) is 0 Å². The van der Waals surface area contributed by atoms with E-state index < -0.39 is 23.6 Å². The van der Waals surface area contributed by atoms with Gasteiger partial charge in [0, 0.05) is 12.1 Å². The molecule has 0 saturated heterocycles. The van der Waals surface area contributed by atoms with Crippen LogP contribution >= 0.6 is 0 Å². The monoisotopic (exact) mass is 243 g/mol. The predicted molar refractivity (Wildman–Crippen MR) is 59.4 cm³/mol. The van der Waals surface area contributed by atoms with Crippen LogP contribution in [-0.2, 0) is 9.53 Å². The molecule has 1 aromatic rings. The number of rotatable bonds is 4. The molecule has 0 aliphatic rings. The molecule has 0 aromatic heterocycles. The number of benzene rings is 1. The van der Waals surface area contributed by atoms with Crippen LogP contribution in [0.3, 0.4) is 0 Å². The van der Waals surface area contributed by atoms with Crippen molar-refractivity contribution in [1.82, 2.24) is 5.32 Å². The van der Waals surface area contributed by atoms with E-state index in [9.17, 15) is 13.6 Å². The van der Waals surface area contributed by atoms with Crippen LogP contribution in [0.2, 0.25) is 0 Å². The highest BCUT2D eigenvalue weighted by Crippen LogP contribution is 2.16. The molecular formula is C12H15F2NO2. The van der Waals surface area contributed by atoms with E-state index in [1.807, 2.05) is 0 Å². The quantitative estimate of drug-likeness (QED) is 0.824. The Labute approximate surface area is 98.8 Å². The van der Waals surface area contributed by atoms with Crippen molar-refractivity contribution in [2.45, 2.75) is 25.9 Å². The van der Waals surface area contributed by atoms with Gasteiger partial charge in [-0.1, -0.05) is 0 Å². The van der Waals surface area contributed by atoms with Crippen LogP contribution in [0.5, 0.6) is 0 Å². The van der Waals surface area contributed by atoms with Gasteiger partial charge in [0.2, 0.25) is 0 Å². The van der Waals surface area contributed by atoms with Gasteiger partial charge < -0.3 is 4.74 Å². The minimum atomic E-state index is -0.639. The topological polar surface area (TPSA) is 38.3 Å². The highest BCUT2D eigenvalue weighted by atomic mass is 19.1. The van der Waals surface area contributed by atoms with Crippen molar-refractivity contribution in [3.63, 3.8) is 0 Å². The van der Waals surface area contributed by atoms with E-state index in [0.717, 1.165) is 6.07 Å². The maximum absolute atomic E-state index is 13.0. The van der Waals surface area contributed by atoms with E-state index in [2.05, 4.69) is 10.1 Å². The Bertz CT molecular complexity index is 389. The van der Waals surface area contributed by atoms with Crippen LogP contribution in [0.1, 0.15) is 25.5 Å². The molecule has 1 rings (SSSR count). The Hall–Kier alpha value is -1.49. The summed E-state index contributed by atoms with van der Waals surface area (Å²) in [5.74, 6) is -1.70. The fourth-order valence-corrected chi connectivity index (χ4v) is 1.54. The van der Waals surface area contributed by atoms with Crippen LogP contribution in [0, 0.1) is 11.6 Å². The highest BCUT2D eigenvalue weighted by Gasteiger charge is 2.17. The number of carbonyl (C=O) groups excluding carboxylic acids is 1. The summed E-state index contributed by atoms with van der Waals surface area (Å²) in [7, 11) is 1.28. The summed E-state index contributed by atoms with van der Waals surface area (Å²) in [6.45, 7) is 3.34. The maximum Gasteiger partial charge on any atom is 0.322 e. The van der Waals surface area contributed by atoms with Gasteiger partial charge in [0.25, 0.3) is 0 Å². The number of halogens is 2. The van der Waals surface area contributed by atoms with Crippen molar-refractivity contribution >= 4 is 5.97 Å². The summed E-state index contributed by atoms with van der Waals surface area (Å²) in [5.41, 5.74) is 0.443. The van der Waals surface area contributed by atoms with Crippen LogP contribution < -0.4 is 5.32 Å². The smallest absolute Gasteiger partial charge is 0.322 e. The second-order valence-corrected chi connectivity index (χ2v) is 3.84. The molecule has 0 radical (unpaired) electrons. The van der Waals surface area contributed by atoms with Gasteiger partial charge in [-0.25, -0.2) is 8.78 Å². The summed E-state index contributed by atoms with van der Waals surface area (Å²) in [6.07, 6.45) is 0. The zero-order chi connectivity index (χ0) is 13.0. The molecule has 2 atom stereocenters. The summed E-state index contributed by atoms with van der Waals surface area (Å²) in [5, 5.41) is 2.89. The summed E-state index contributed by atoms with van der Waals surface area (Å²) >= 11 is 0. The average Bonchev–Trinajstić information content (AvgIpc) is 2.26. The molecule has 94 valence electrons. The molecule has 5 heteroatoms. The number of methoxy groups -OCH3 is 1. The van der Waals surface area contributed by atoms with Gasteiger partial charge in [0.05, 0.1) is 7.11 Å². The van der Waals surface area contributed by atoms with E-state index in [4.69, 9.17) is 0 Å². The van der Waals surface area contributed by atoms with E-state index in [1.165, 1.54) is 19.2 Å². The number of ether oxygens (including phenoxy) is 1. The van der Waals surface area contributed by atoms with Crippen molar-refractivity contribution in [3.8, 4) is 0 Å². The van der Waals surface area contributed by atoms with E-state index in [-0.39, 0.29) is 6.04 Å². The van der Waals surface area contributed by atoms with Crippen molar-refractivity contribution < 1.29 is 18.3 Å². The Morgan fingerprint density at radius 3 is 2.24 bits per heavy atom. The third-order valence-corrected chi connectivity index (χ3v) is 2.44. The van der Waals surface area contributed by atoms with E-state index in [0.29, 0.717) is 5.56 Å². The number of hydrogen-bond acceptors (Lipinski definition) is 3. The lowest BCUT2D eigenvalue weighted by Crippen LogP contribution is -2.36. The Balaban J connectivity index is 2.75. The van der Waals surface area contributed by atoms with Gasteiger partial charge in [0.15, 0.2) is 0 Å². The van der Waals surface area contributed by atoms with Crippen LogP contribution in [0.15, 0.2) is 18.2 Å². The second kappa shape index (κ2) is 5.72. The van der Waals surface area contributed by atoms with Crippen molar-refractivity contribution in [1.29, 1.82) is 0 Å². The van der Waals surface area contributed by atoms with Crippen LogP contribution in [0.25, 0.3) is 0 Å². The first-order valence-electron chi connectivity index (χ1n) is 5.24. The lowest BCUT2D eigenvalue weighted by Gasteiger charge is -2.18. The van der Waals surface area contributed by atoms with Gasteiger partial charge in [-0.2, -0.15) is 0 Å². The van der Waals surface area contributed by atoms with Crippen molar-refractivity contribution in [3.05, 3.63) is 35.4 Å². The van der Waals surface area contributed by atoms with Crippen LogP contribution in [0.4, 0.5) is 8.78 Å². The molecule has 0 spiro atoms. The molecule has 0 bridgehead atoms. The van der Waals surface area contributed by atoms with Gasteiger partial charge in [-0.3, -0.25) is 10.1 Å². The zero-order valence-electron chi connectivity index (χ0n) is 9.96. The molecule has 3 nitrogen and oxygen atoms in total. The predicted octanol–water partition coefficient (Wildman–Crippen LogP) is 2.18. The molecule has 17 heavy (non-hydrogen) atoms. The third-order valence-electron chi connectivity index (χ3n) is 2.44. The van der Waals surface area contributed by atoms with Gasteiger partial charge in [-0.15, -0.1) is 0 Å². The molecule has 2 unspecified atom stereocenters. The van der Waals surface area contributed by atoms with E-state index in [1.54, 1.807) is 13.8 Å². The Morgan fingerprint density at radius 1 is 1.24 bits per heavy atom. The first-order valence-corrected chi connectivity index (χ1v) is 5.24. The fourth-order valence-electron chi connectivity index (χ4n) is 1.54. The summed E-state index contributed by atoms with van der Waals surface area (Å²) < 4.78 is 30.5. The molecule has 0 saturated carbocycles. The summed E-state index contributed by atoms with van der Waals surface area (Å²) in [6, 6.07) is 2.37. The Kier molecular flexibility index (Phi) is 4.57. The fraction of sp³-hybridized carbons (Fsp3) is 0.417. The first kappa shape index (κ1) is 13.6. The standard InChI is InChI=1S/C12H15F2NO2/c1-7(15-8(2)12(16)17-3)9-4-10(13)6-11(14)5-9/h4-8,15H,1-3H3. The normalized spacial score (nSPS) is 14.2. The number of carbonyl (C=O) groups is 1. The molecule has 0 aliphatic carbocycles. The number of esters is 1. The van der Waals surface area contributed by atoms with Gasteiger partial charge in [-0.05, 0) is 31.5 Å². The third kappa shape index (κ3) is 3.78. The molecule has 0 aliphatic heterocycles. The van der Waals surface area contributed by atoms with Crippen molar-refractivity contribution in [2.75, 3.05) is 7.11 Å². The zero-order valence-corrected chi connectivity index (χ0v) is 9.96.